The zero-order chi connectivity index (χ0) is 25.5. The fraction of sp³-hybridized carbons (Fsp3) is 0.296. The second-order valence-corrected chi connectivity index (χ2v) is 10.4. The van der Waals surface area contributed by atoms with Crippen LogP contribution in [-0.2, 0) is 21.4 Å². The Morgan fingerprint density at radius 1 is 0.917 bits per heavy atom. The topological polar surface area (TPSA) is 94.2 Å². The normalized spacial score (nSPS) is 14.7. The number of methoxy groups -OCH3 is 2. The molecule has 0 saturated carbocycles. The Morgan fingerprint density at radius 2 is 1.58 bits per heavy atom. The van der Waals surface area contributed by atoms with Gasteiger partial charge in [-0.2, -0.15) is 4.31 Å². The second-order valence-electron chi connectivity index (χ2n) is 8.48. The molecule has 3 aromatic carbocycles. The van der Waals surface area contributed by atoms with Gasteiger partial charge in [-0.3, -0.25) is 4.79 Å². The van der Waals surface area contributed by atoms with E-state index in [1.807, 2.05) is 42.5 Å². The predicted octanol–water partition coefficient (Wildman–Crippen LogP) is 4.32. The van der Waals surface area contributed by atoms with Gasteiger partial charge >= 0.3 is 0 Å². The molecule has 4 rings (SSSR count). The molecule has 190 valence electrons. The van der Waals surface area contributed by atoms with Gasteiger partial charge < -0.3 is 19.5 Å². The number of sulfonamides is 1. The number of nitrogens with zero attached hydrogens (tertiary/aromatic N) is 1. The van der Waals surface area contributed by atoms with E-state index in [4.69, 9.17) is 14.2 Å². The Kier molecular flexibility index (Phi) is 8.12. The molecule has 1 aliphatic rings. The summed E-state index contributed by atoms with van der Waals surface area (Å²) in [6, 6.07) is 21.8. The average Bonchev–Trinajstić information content (AvgIpc) is 2.93. The minimum atomic E-state index is -3.79. The average molecular weight is 511 g/mol. The molecule has 0 unspecified atom stereocenters. The molecular formula is C27H30N2O6S. The second kappa shape index (κ2) is 11.5. The number of nitrogens with one attached hydrogen (secondary N) is 1. The largest absolute Gasteiger partial charge is 0.497 e. The maximum Gasteiger partial charge on any atom is 0.246 e. The third-order valence-electron chi connectivity index (χ3n) is 6.18. The van der Waals surface area contributed by atoms with E-state index < -0.39 is 10.0 Å². The number of piperidine rings is 1. The van der Waals surface area contributed by atoms with E-state index in [1.54, 1.807) is 24.3 Å². The molecule has 3 aromatic rings. The van der Waals surface area contributed by atoms with Gasteiger partial charge in [-0.15, -0.1) is 0 Å². The summed E-state index contributed by atoms with van der Waals surface area (Å²) in [7, 11) is -0.883. The molecule has 0 radical (unpaired) electrons. The van der Waals surface area contributed by atoms with Crippen molar-refractivity contribution in [3.63, 3.8) is 0 Å². The highest BCUT2D eigenvalue weighted by Crippen LogP contribution is 2.33. The van der Waals surface area contributed by atoms with Gasteiger partial charge in [-0.25, -0.2) is 8.42 Å². The molecule has 1 saturated heterocycles. The Hall–Kier alpha value is -3.56. The Bertz CT molecular complexity index is 1270. The third-order valence-corrected chi connectivity index (χ3v) is 8.10. The van der Waals surface area contributed by atoms with Crippen LogP contribution in [0.4, 0.5) is 5.69 Å². The summed E-state index contributed by atoms with van der Waals surface area (Å²) in [5.74, 6) is 0.997. The van der Waals surface area contributed by atoms with Crippen LogP contribution in [-0.4, -0.2) is 45.9 Å². The summed E-state index contributed by atoms with van der Waals surface area (Å²) in [6.07, 6.45) is 0.852. The van der Waals surface area contributed by atoms with Crippen molar-refractivity contribution in [2.45, 2.75) is 24.3 Å². The van der Waals surface area contributed by atoms with Crippen LogP contribution in [0.5, 0.6) is 17.2 Å². The predicted molar refractivity (Wildman–Crippen MR) is 137 cm³/mol. The minimum absolute atomic E-state index is 0.0572. The standard InChI is InChI=1S/C27H30N2O6S/c1-33-24-12-13-25(34-2)26(18-24)36(31,32)29-16-14-21(15-17-29)27(30)28-22-8-10-23(11-9-22)35-19-20-6-4-3-5-7-20/h3-13,18,21H,14-17,19H2,1-2H3,(H,28,30). The summed E-state index contributed by atoms with van der Waals surface area (Å²) in [4.78, 5) is 12.9. The lowest BCUT2D eigenvalue weighted by Crippen LogP contribution is -2.41. The number of hydrogen-bond donors (Lipinski definition) is 1. The first-order valence-corrected chi connectivity index (χ1v) is 13.1. The molecule has 1 fully saturated rings. The molecule has 9 heteroatoms. The first-order valence-electron chi connectivity index (χ1n) is 11.7. The molecule has 0 aliphatic carbocycles. The zero-order valence-corrected chi connectivity index (χ0v) is 21.2. The number of hydrogen-bond acceptors (Lipinski definition) is 6. The molecule has 0 spiro atoms. The highest BCUT2D eigenvalue weighted by molar-refractivity contribution is 7.89. The van der Waals surface area contributed by atoms with E-state index in [1.165, 1.54) is 24.6 Å². The minimum Gasteiger partial charge on any atom is -0.497 e. The van der Waals surface area contributed by atoms with Gasteiger partial charge in [0, 0.05) is 30.8 Å². The van der Waals surface area contributed by atoms with Gasteiger partial charge in [0.25, 0.3) is 0 Å². The molecule has 0 bridgehead atoms. The van der Waals surface area contributed by atoms with Crippen molar-refractivity contribution in [3.8, 4) is 17.2 Å². The SMILES string of the molecule is COc1ccc(OC)c(S(=O)(=O)N2CCC(C(=O)Nc3ccc(OCc4ccccc4)cc3)CC2)c1. The molecule has 1 heterocycles. The van der Waals surface area contributed by atoms with E-state index in [-0.39, 0.29) is 35.6 Å². The molecule has 0 aromatic heterocycles. The summed E-state index contributed by atoms with van der Waals surface area (Å²) < 4.78 is 44.1. The van der Waals surface area contributed by atoms with E-state index in [0.29, 0.717) is 36.6 Å². The highest BCUT2D eigenvalue weighted by atomic mass is 32.2. The fourth-order valence-electron chi connectivity index (χ4n) is 4.10. The van der Waals surface area contributed by atoms with Crippen molar-refractivity contribution >= 4 is 21.6 Å². The number of rotatable bonds is 9. The number of carbonyl (C=O) groups is 1. The number of ether oxygens (including phenoxy) is 3. The number of benzene rings is 3. The van der Waals surface area contributed by atoms with Crippen molar-refractivity contribution in [1.29, 1.82) is 0 Å². The van der Waals surface area contributed by atoms with Crippen LogP contribution in [0.1, 0.15) is 18.4 Å². The van der Waals surface area contributed by atoms with Crippen molar-refractivity contribution in [2.24, 2.45) is 5.92 Å². The summed E-state index contributed by atoms with van der Waals surface area (Å²) in [5, 5.41) is 2.93. The molecule has 1 aliphatic heterocycles. The fourth-order valence-corrected chi connectivity index (χ4v) is 5.74. The first kappa shape index (κ1) is 25.5. The van der Waals surface area contributed by atoms with Crippen molar-refractivity contribution in [1.82, 2.24) is 4.31 Å². The molecule has 8 nitrogen and oxygen atoms in total. The number of anilines is 1. The molecular weight excluding hydrogens is 480 g/mol. The van der Waals surface area contributed by atoms with E-state index in [2.05, 4.69) is 5.32 Å². The Balaban J connectivity index is 1.32. The van der Waals surface area contributed by atoms with Gasteiger partial charge in [-0.05, 0) is 54.8 Å². The molecule has 1 amide bonds. The van der Waals surface area contributed by atoms with Crippen molar-refractivity contribution < 1.29 is 27.4 Å². The maximum atomic E-state index is 13.3. The van der Waals surface area contributed by atoms with Crippen molar-refractivity contribution in [2.75, 3.05) is 32.6 Å². The number of amides is 1. The zero-order valence-electron chi connectivity index (χ0n) is 20.3. The lowest BCUT2D eigenvalue weighted by Gasteiger charge is -2.31. The van der Waals surface area contributed by atoms with Crippen LogP contribution in [0, 0.1) is 5.92 Å². The monoisotopic (exact) mass is 510 g/mol. The lowest BCUT2D eigenvalue weighted by atomic mass is 9.97. The van der Waals surface area contributed by atoms with Gasteiger partial charge in [0.1, 0.15) is 28.8 Å². The highest BCUT2D eigenvalue weighted by Gasteiger charge is 2.34. The Morgan fingerprint density at radius 3 is 2.22 bits per heavy atom. The van der Waals surface area contributed by atoms with Crippen LogP contribution in [0.25, 0.3) is 0 Å². The first-order chi connectivity index (χ1) is 17.4. The Labute approximate surface area is 211 Å². The maximum absolute atomic E-state index is 13.3. The van der Waals surface area contributed by atoms with E-state index in [9.17, 15) is 13.2 Å². The smallest absolute Gasteiger partial charge is 0.246 e. The number of carbonyl (C=O) groups excluding carboxylic acids is 1. The van der Waals surface area contributed by atoms with Crippen LogP contribution in [0.2, 0.25) is 0 Å². The van der Waals surface area contributed by atoms with E-state index in [0.717, 1.165) is 5.56 Å². The van der Waals surface area contributed by atoms with Crippen LogP contribution in [0.3, 0.4) is 0 Å². The quantitative estimate of drug-likeness (QED) is 0.461. The summed E-state index contributed by atoms with van der Waals surface area (Å²) in [5.41, 5.74) is 1.75. The van der Waals surface area contributed by atoms with Gasteiger partial charge in [0.15, 0.2) is 0 Å². The van der Waals surface area contributed by atoms with E-state index >= 15 is 0 Å². The van der Waals surface area contributed by atoms with Crippen LogP contribution >= 0.6 is 0 Å². The van der Waals surface area contributed by atoms with Gasteiger partial charge in [0.2, 0.25) is 15.9 Å². The molecule has 0 atom stereocenters. The van der Waals surface area contributed by atoms with Gasteiger partial charge in [-0.1, -0.05) is 30.3 Å². The van der Waals surface area contributed by atoms with Gasteiger partial charge in [0.05, 0.1) is 14.2 Å². The van der Waals surface area contributed by atoms with Crippen LogP contribution < -0.4 is 19.5 Å². The lowest BCUT2D eigenvalue weighted by molar-refractivity contribution is -0.120. The van der Waals surface area contributed by atoms with Crippen molar-refractivity contribution in [3.05, 3.63) is 78.4 Å². The third kappa shape index (κ3) is 5.98. The molecule has 1 N–H and O–H groups in total. The molecule has 36 heavy (non-hydrogen) atoms. The van der Waals surface area contributed by atoms with Crippen LogP contribution in [0.15, 0.2) is 77.7 Å². The summed E-state index contributed by atoms with van der Waals surface area (Å²) in [6.45, 7) is 0.954. The summed E-state index contributed by atoms with van der Waals surface area (Å²) >= 11 is 0.